The molecule has 1 aliphatic heterocycles. The van der Waals surface area contributed by atoms with E-state index in [0.717, 1.165) is 22.7 Å². The molecule has 3 aromatic rings. The summed E-state index contributed by atoms with van der Waals surface area (Å²) in [6.45, 7) is 2.54. The average molecular weight is 423 g/mol. The molecule has 8 heteroatoms. The van der Waals surface area contributed by atoms with E-state index in [1.54, 1.807) is 12.1 Å². The Morgan fingerprint density at radius 3 is 2.73 bits per heavy atom. The molecule has 30 heavy (non-hydrogen) atoms. The number of carbonyl (C=O) groups excluding carboxylic acids is 2. The molecule has 1 atom stereocenters. The molecule has 2 aromatic carbocycles. The number of aromatic nitrogens is 2. The molecule has 1 N–H and O–H groups in total. The number of nitrogens with zero attached hydrogens (tertiary/aromatic N) is 3. The first-order valence-corrected chi connectivity index (χ1v) is 10.6. The maximum Gasteiger partial charge on any atom is 0.264 e. The lowest BCUT2D eigenvalue weighted by atomic mass is 10.1. The van der Waals surface area contributed by atoms with E-state index >= 15 is 0 Å². The predicted molar refractivity (Wildman–Crippen MR) is 116 cm³/mol. The van der Waals surface area contributed by atoms with Gasteiger partial charge in [0.25, 0.3) is 5.91 Å². The van der Waals surface area contributed by atoms with Gasteiger partial charge in [0.1, 0.15) is 10.8 Å². The fourth-order valence-corrected chi connectivity index (χ4v) is 4.30. The zero-order valence-corrected chi connectivity index (χ0v) is 17.4. The highest BCUT2D eigenvalue weighted by molar-refractivity contribution is 7.15. The Morgan fingerprint density at radius 2 is 1.93 bits per heavy atom. The monoisotopic (exact) mass is 422 g/mol. The van der Waals surface area contributed by atoms with Gasteiger partial charge < -0.3 is 9.64 Å². The third kappa shape index (κ3) is 4.49. The zero-order chi connectivity index (χ0) is 20.9. The lowest BCUT2D eigenvalue weighted by Crippen LogP contribution is -2.25. The normalized spacial score (nSPS) is 16.0. The van der Waals surface area contributed by atoms with Gasteiger partial charge in [0, 0.05) is 24.6 Å². The van der Waals surface area contributed by atoms with Crippen molar-refractivity contribution < 1.29 is 14.3 Å². The second-order valence-corrected chi connectivity index (χ2v) is 7.99. The number of ether oxygens (including phenoxy) is 1. The second-order valence-electron chi connectivity index (χ2n) is 6.98. The Bertz CT molecular complexity index is 1040. The molecule has 154 valence electrons. The first-order chi connectivity index (χ1) is 14.6. The van der Waals surface area contributed by atoms with Crippen LogP contribution in [0.2, 0.25) is 0 Å². The second kappa shape index (κ2) is 9.04. The lowest BCUT2D eigenvalue weighted by Gasteiger charge is -2.19. The maximum atomic E-state index is 12.6. The number of rotatable bonds is 7. The number of nitrogens with one attached hydrogen (secondary N) is 1. The lowest BCUT2D eigenvalue weighted by molar-refractivity contribution is -0.118. The first kappa shape index (κ1) is 20.0. The van der Waals surface area contributed by atoms with E-state index in [9.17, 15) is 9.59 Å². The summed E-state index contributed by atoms with van der Waals surface area (Å²) >= 11 is 1.30. The number of hydrogen-bond donors (Lipinski definition) is 1. The molecule has 1 saturated heterocycles. The van der Waals surface area contributed by atoms with Crippen molar-refractivity contribution in [1.29, 1.82) is 0 Å². The summed E-state index contributed by atoms with van der Waals surface area (Å²) in [5.41, 5.74) is 2.11. The minimum atomic E-state index is -0.303. The number of anilines is 2. The molecule has 4 rings (SSSR count). The van der Waals surface area contributed by atoms with Crippen LogP contribution in [0, 0.1) is 0 Å². The van der Waals surface area contributed by atoms with Crippen LogP contribution in [0.5, 0.6) is 5.75 Å². The number of aryl methyl sites for hydroxylation is 1. The van der Waals surface area contributed by atoms with Gasteiger partial charge >= 0.3 is 0 Å². The summed E-state index contributed by atoms with van der Waals surface area (Å²) in [6.07, 6.45) is 1.25. The van der Waals surface area contributed by atoms with Gasteiger partial charge in [-0.2, -0.15) is 0 Å². The summed E-state index contributed by atoms with van der Waals surface area (Å²) < 4.78 is 5.44. The van der Waals surface area contributed by atoms with Gasteiger partial charge in [-0.1, -0.05) is 54.7 Å². The van der Waals surface area contributed by atoms with Crippen molar-refractivity contribution in [1.82, 2.24) is 10.2 Å². The quantitative estimate of drug-likeness (QED) is 0.628. The van der Waals surface area contributed by atoms with Gasteiger partial charge in [0.2, 0.25) is 11.0 Å². The summed E-state index contributed by atoms with van der Waals surface area (Å²) in [7, 11) is 0. The number of para-hydroxylation sites is 2. The van der Waals surface area contributed by atoms with Crippen LogP contribution in [0.1, 0.15) is 29.8 Å². The van der Waals surface area contributed by atoms with E-state index in [1.165, 1.54) is 11.3 Å². The molecule has 2 amide bonds. The van der Waals surface area contributed by atoms with Gasteiger partial charge in [0.15, 0.2) is 6.61 Å². The van der Waals surface area contributed by atoms with Gasteiger partial charge in [0.05, 0.1) is 0 Å². The Labute approximate surface area is 178 Å². The van der Waals surface area contributed by atoms with E-state index < -0.39 is 0 Å². The molecular weight excluding hydrogens is 400 g/mol. The number of amides is 2. The largest absolute Gasteiger partial charge is 0.484 e. The van der Waals surface area contributed by atoms with Crippen LogP contribution in [0.25, 0.3) is 0 Å². The third-order valence-corrected chi connectivity index (χ3v) is 5.94. The van der Waals surface area contributed by atoms with Crippen LogP contribution >= 0.6 is 11.3 Å². The number of hydrogen-bond acceptors (Lipinski definition) is 6. The van der Waals surface area contributed by atoms with Crippen LogP contribution in [0.15, 0.2) is 54.6 Å². The van der Waals surface area contributed by atoms with Gasteiger partial charge in [-0.05, 0) is 30.2 Å². The van der Waals surface area contributed by atoms with Crippen molar-refractivity contribution in [2.75, 3.05) is 23.4 Å². The molecule has 1 fully saturated rings. The fourth-order valence-electron chi connectivity index (χ4n) is 3.45. The molecule has 0 saturated carbocycles. The maximum absolute atomic E-state index is 12.6. The summed E-state index contributed by atoms with van der Waals surface area (Å²) in [6, 6.07) is 17.1. The Morgan fingerprint density at radius 1 is 1.17 bits per heavy atom. The summed E-state index contributed by atoms with van der Waals surface area (Å²) in [5, 5.41) is 12.1. The standard InChI is InChI=1S/C22H22N4O3S/c1-2-15-8-6-7-11-18(15)26-13-16(12-20(26)28)21-24-25-22(30-21)23-19(27)14-29-17-9-4-3-5-10-17/h3-11,16H,2,12-14H2,1H3,(H,23,25,27)/t16-/m1/s1. The molecule has 1 aliphatic rings. The minimum absolute atomic E-state index is 0.0360. The van der Waals surface area contributed by atoms with E-state index in [-0.39, 0.29) is 24.3 Å². The topological polar surface area (TPSA) is 84.4 Å². The molecule has 0 spiro atoms. The molecule has 0 radical (unpaired) electrons. The highest BCUT2D eigenvalue weighted by Crippen LogP contribution is 2.35. The molecular formula is C22H22N4O3S. The predicted octanol–water partition coefficient (Wildman–Crippen LogP) is 3.64. The summed E-state index contributed by atoms with van der Waals surface area (Å²) in [5.74, 6) is 0.370. The minimum Gasteiger partial charge on any atom is -0.484 e. The molecule has 7 nitrogen and oxygen atoms in total. The molecule has 1 aromatic heterocycles. The Balaban J connectivity index is 1.37. The average Bonchev–Trinajstić information content (AvgIpc) is 3.39. The van der Waals surface area contributed by atoms with Gasteiger partial charge in [-0.15, -0.1) is 10.2 Å². The summed E-state index contributed by atoms with van der Waals surface area (Å²) in [4.78, 5) is 26.6. The van der Waals surface area contributed by atoms with Crippen molar-refractivity contribution >= 4 is 34.0 Å². The van der Waals surface area contributed by atoms with Gasteiger partial charge in [-0.3, -0.25) is 14.9 Å². The van der Waals surface area contributed by atoms with E-state index in [2.05, 4.69) is 22.4 Å². The van der Waals surface area contributed by atoms with Crippen LogP contribution in [0.4, 0.5) is 10.8 Å². The van der Waals surface area contributed by atoms with E-state index in [0.29, 0.717) is 23.8 Å². The van der Waals surface area contributed by atoms with E-state index in [1.807, 2.05) is 47.4 Å². The van der Waals surface area contributed by atoms with Crippen LogP contribution in [-0.4, -0.2) is 35.2 Å². The number of carbonyl (C=O) groups is 2. The fraction of sp³-hybridized carbons (Fsp3) is 0.273. The molecule has 0 unspecified atom stereocenters. The third-order valence-electron chi connectivity index (χ3n) is 4.94. The number of benzene rings is 2. The van der Waals surface area contributed by atoms with Crippen molar-refractivity contribution in [2.24, 2.45) is 0 Å². The SMILES string of the molecule is CCc1ccccc1N1C[C@H](c2nnc(NC(=O)COc3ccccc3)s2)CC1=O. The van der Waals surface area contributed by atoms with Crippen molar-refractivity contribution in [2.45, 2.75) is 25.7 Å². The zero-order valence-electron chi connectivity index (χ0n) is 16.6. The van der Waals surface area contributed by atoms with E-state index in [4.69, 9.17) is 4.74 Å². The van der Waals surface area contributed by atoms with Crippen molar-refractivity contribution in [3.8, 4) is 5.75 Å². The molecule has 0 aliphatic carbocycles. The van der Waals surface area contributed by atoms with Crippen molar-refractivity contribution in [3.05, 3.63) is 65.2 Å². The Kier molecular flexibility index (Phi) is 6.04. The van der Waals surface area contributed by atoms with Crippen LogP contribution in [0.3, 0.4) is 0 Å². The molecule has 2 heterocycles. The highest BCUT2D eigenvalue weighted by Gasteiger charge is 2.34. The van der Waals surface area contributed by atoms with Crippen LogP contribution < -0.4 is 15.0 Å². The highest BCUT2D eigenvalue weighted by atomic mass is 32.1. The smallest absolute Gasteiger partial charge is 0.264 e. The van der Waals surface area contributed by atoms with Crippen LogP contribution in [-0.2, 0) is 16.0 Å². The van der Waals surface area contributed by atoms with Gasteiger partial charge in [-0.25, -0.2) is 0 Å². The Hall–Kier alpha value is -3.26. The molecule has 0 bridgehead atoms. The van der Waals surface area contributed by atoms with Crippen molar-refractivity contribution in [3.63, 3.8) is 0 Å². The first-order valence-electron chi connectivity index (χ1n) is 9.83.